The summed E-state index contributed by atoms with van der Waals surface area (Å²) in [6.45, 7) is 0. The lowest BCUT2D eigenvalue weighted by Gasteiger charge is -2.08. The summed E-state index contributed by atoms with van der Waals surface area (Å²) < 4.78 is 24.2. The minimum absolute atomic E-state index is 0.210. The molecule has 1 atom stereocenters. The molecule has 0 saturated heterocycles. The molecule has 0 fully saturated rings. The number of hydrogen-bond acceptors (Lipinski definition) is 2. The molecule has 0 bridgehead atoms. The van der Waals surface area contributed by atoms with Crippen LogP contribution in [0.15, 0.2) is 24.3 Å². The molecule has 86 valence electrons. The van der Waals surface area contributed by atoms with Crippen LogP contribution in [-0.2, 0) is 4.79 Å². The summed E-state index contributed by atoms with van der Waals surface area (Å²) in [6, 6.07) is 5.76. The van der Waals surface area contributed by atoms with Crippen LogP contribution < -0.4 is 0 Å². The van der Waals surface area contributed by atoms with E-state index in [0.717, 1.165) is 0 Å². The van der Waals surface area contributed by atoms with Crippen molar-refractivity contribution in [1.29, 1.82) is 0 Å². The van der Waals surface area contributed by atoms with E-state index in [0.29, 0.717) is 5.02 Å². The Morgan fingerprint density at radius 3 is 2.31 bits per heavy atom. The van der Waals surface area contributed by atoms with Crippen molar-refractivity contribution in [2.24, 2.45) is 5.92 Å². The lowest BCUT2D eigenvalue weighted by atomic mass is 9.96. The van der Waals surface area contributed by atoms with Gasteiger partial charge < -0.3 is 4.79 Å². The van der Waals surface area contributed by atoms with Crippen LogP contribution in [0.25, 0.3) is 0 Å². The van der Waals surface area contributed by atoms with E-state index < -0.39 is 24.5 Å². The van der Waals surface area contributed by atoms with Crippen molar-refractivity contribution in [3.05, 3.63) is 34.9 Å². The van der Waals surface area contributed by atoms with Crippen molar-refractivity contribution in [3.8, 4) is 0 Å². The Morgan fingerprint density at radius 1 is 1.31 bits per heavy atom. The molecule has 0 spiro atoms. The molecule has 0 aliphatic heterocycles. The van der Waals surface area contributed by atoms with Gasteiger partial charge in [0, 0.05) is 17.0 Å². The number of benzene rings is 1. The Bertz CT molecular complexity index is 376. The lowest BCUT2D eigenvalue weighted by molar-refractivity contribution is -0.110. The van der Waals surface area contributed by atoms with E-state index in [9.17, 15) is 18.4 Å². The van der Waals surface area contributed by atoms with Crippen molar-refractivity contribution < 1.29 is 18.4 Å². The Hall–Kier alpha value is -1.29. The molecule has 0 aliphatic rings. The van der Waals surface area contributed by atoms with Crippen LogP contribution in [0, 0.1) is 5.92 Å². The average Bonchev–Trinajstić information content (AvgIpc) is 2.25. The third-order valence-corrected chi connectivity index (χ3v) is 2.31. The van der Waals surface area contributed by atoms with E-state index >= 15 is 0 Å². The van der Waals surface area contributed by atoms with Gasteiger partial charge in [0.1, 0.15) is 6.29 Å². The SMILES string of the molecule is O=CC(CC(F)F)C(=O)c1ccc(Cl)cc1. The Labute approximate surface area is 96.2 Å². The Morgan fingerprint density at radius 2 is 1.88 bits per heavy atom. The zero-order valence-corrected chi connectivity index (χ0v) is 8.95. The Balaban J connectivity index is 2.82. The first-order chi connectivity index (χ1) is 7.54. The second kappa shape index (κ2) is 5.70. The number of ketones is 1. The third kappa shape index (κ3) is 3.38. The van der Waals surface area contributed by atoms with Crippen LogP contribution in [0.1, 0.15) is 16.8 Å². The highest BCUT2D eigenvalue weighted by atomic mass is 35.5. The summed E-state index contributed by atoms with van der Waals surface area (Å²) in [7, 11) is 0. The fourth-order valence-electron chi connectivity index (χ4n) is 1.24. The highest BCUT2D eigenvalue weighted by Gasteiger charge is 2.23. The standard InChI is InChI=1S/C11H9ClF2O2/c12-9-3-1-7(2-4-9)11(16)8(6-15)5-10(13)14/h1-4,6,8,10H,5H2. The third-order valence-electron chi connectivity index (χ3n) is 2.06. The molecule has 0 saturated carbocycles. The van der Waals surface area contributed by atoms with E-state index in [2.05, 4.69) is 0 Å². The summed E-state index contributed by atoms with van der Waals surface area (Å²) in [5.41, 5.74) is 0.210. The number of Topliss-reactive ketones (excluding diaryl/α,β-unsaturated/α-hetero) is 1. The molecule has 0 amide bonds. The number of hydrogen-bond donors (Lipinski definition) is 0. The maximum absolute atomic E-state index is 12.1. The van der Waals surface area contributed by atoms with Gasteiger partial charge in [0.2, 0.25) is 6.43 Å². The molecule has 16 heavy (non-hydrogen) atoms. The van der Waals surface area contributed by atoms with Gasteiger partial charge in [-0.3, -0.25) is 4.79 Å². The molecule has 5 heteroatoms. The molecular formula is C11H9ClF2O2. The number of alkyl halides is 2. The molecule has 0 N–H and O–H groups in total. The van der Waals surface area contributed by atoms with Crippen molar-refractivity contribution in [3.63, 3.8) is 0 Å². The normalized spacial score (nSPS) is 12.5. The first-order valence-electron chi connectivity index (χ1n) is 4.58. The molecule has 0 radical (unpaired) electrons. The second-order valence-electron chi connectivity index (χ2n) is 3.24. The molecule has 1 aromatic carbocycles. The van der Waals surface area contributed by atoms with Gasteiger partial charge >= 0.3 is 0 Å². The van der Waals surface area contributed by atoms with Crippen LogP contribution in [0.4, 0.5) is 8.78 Å². The van der Waals surface area contributed by atoms with E-state index in [4.69, 9.17) is 11.6 Å². The highest BCUT2D eigenvalue weighted by Crippen LogP contribution is 2.17. The maximum atomic E-state index is 12.1. The predicted octanol–water partition coefficient (Wildman–Crippen LogP) is 2.99. The van der Waals surface area contributed by atoms with E-state index in [1.54, 1.807) is 0 Å². The molecule has 0 aliphatic carbocycles. The summed E-state index contributed by atoms with van der Waals surface area (Å²) in [6.07, 6.45) is -3.17. The lowest BCUT2D eigenvalue weighted by Crippen LogP contribution is -2.19. The molecule has 0 aromatic heterocycles. The number of carbonyl (C=O) groups excluding carboxylic acids is 2. The van der Waals surface area contributed by atoms with Crippen molar-refractivity contribution >= 4 is 23.7 Å². The fourth-order valence-corrected chi connectivity index (χ4v) is 1.37. The summed E-state index contributed by atoms with van der Waals surface area (Å²) >= 11 is 5.61. The quantitative estimate of drug-likeness (QED) is 0.455. The van der Waals surface area contributed by atoms with E-state index in [1.165, 1.54) is 24.3 Å². The highest BCUT2D eigenvalue weighted by molar-refractivity contribution is 6.30. The van der Waals surface area contributed by atoms with Crippen LogP contribution in [0.5, 0.6) is 0 Å². The van der Waals surface area contributed by atoms with E-state index in [1.807, 2.05) is 0 Å². The molecule has 0 heterocycles. The van der Waals surface area contributed by atoms with Crippen LogP contribution in [0.2, 0.25) is 5.02 Å². The largest absolute Gasteiger partial charge is 0.303 e. The monoisotopic (exact) mass is 246 g/mol. The van der Waals surface area contributed by atoms with Gasteiger partial charge in [0.25, 0.3) is 0 Å². The van der Waals surface area contributed by atoms with Gasteiger partial charge in [-0.25, -0.2) is 8.78 Å². The van der Waals surface area contributed by atoms with Gasteiger partial charge in [-0.1, -0.05) is 11.6 Å². The fraction of sp³-hybridized carbons (Fsp3) is 0.273. The smallest absolute Gasteiger partial charge is 0.239 e. The van der Waals surface area contributed by atoms with Gasteiger partial charge in [-0.15, -0.1) is 0 Å². The van der Waals surface area contributed by atoms with Crippen LogP contribution in [-0.4, -0.2) is 18.5 Å². The molecule has 1 rings (SSSR count). The number of rotatable bonds is 5. The van der Waals surface area contributed by atoms with Crippen molar-refractivity contribution in [2.75, 3.05) is 0 Å². The summed E-state index contributed by atoms with van der Waals surface area (Å²) in [5, 5.41) is 0.438. The summed E-state index contributed by atoms with van der Waals surface area (Å²) in [4.78, 5) is 22.2. The Kier molecular flexibility index (Phi) is 4.55. The van der Waals surface area contributed by atoms with Gasteiger partial charge in [-0.05, 0) is 24.3 Å². The topological polar surface area (TPSA) is 34.1 Å². The van der Waals surface area contributed by atoms with Gasteiger partial charge in [0.05, 0.1) is 5.92 Å². The van der Waals surface area contributed by atoms with Gasteiger partial charge in [0.15, 0.2) is 5.78 Å². The van der Waals surface area contributed by atoms with Crippen LogP contribution >= 0.6 is 11.6 Å². The van der Waals surface area contributed by atoms with E-state index in [-0.39, 0.29) is 11.8 Å². The molecule has 2 nitrogen and oxygen atoms in total. The molecular weight excluding hydrogens is 238 g/mol. The minimum atomic E-state index is -2.67. The zero-order chi connectivity index (χ0) is 12.1. The van der Waals surface area contributed by atoms with Crippen molar-refractivity contribution in [2.45, 2.75) is 12.8 Å². The molecule has 1 aromatic rings. The minimum Gasteiger partial charge on any atom is -0.303 e. The van der Waals surface area contributed by atoms with Crippen molar-refractivity contribution in [1.82, 2.24) is 0 Å². The maximum Gasteiger partial charge on any atom is 0.239 e. The van der Waals surface area contributed by atoms with Gasteiger partial charge in [-0.2, -0.15) is 0 Å². The first kappa shape index (κ1) is 12.8. The predicted molar refractivity (Wildman–Crippen MR) is 56.0 cm³/mol. The average molecular weight is 247 g/mol. The first-order valence-corrected chi connectivity index (χ1v) is 4.95. The summed E-state index contributed by atoms with van der Waals surface area (Å²) in [5.74, 6) is -1.90. The zero-order valence-electron chi connectivity index (χ0n) is 8.20. The number of carbonyl (C=O) groups is 2. The number of halogens is 3. The molecule has 1 unspecified atom stereocenters. The van der Waals surface area contributed by atoms with Crippen LogP contribution in [0.3, 0.4) is 0 Å². The number of aldehydes is 1. The second-order valence-corrected chi connectivity index (χ2v) is 3.68.